The molecule has 0 saturated heterocycles. The fraction of sp³-hybridized carbons (Fsp3) is 0.824. The van der Waals surface area contributed by atoms with Crippen molar-refractivity contribution in [1.82, 2.24) is 10.6 Å². The Bertz CT molecular complexity index is 411. The fourth-order valence-corrected chi connectivity index (χ4v) is 2.51. The molecule has 3 amide bonds. The lowest BCUT2D eigenvalue weighted by atomic mass is 9.86. The van der Waals surface area contributed by atoms with Crippen LogP contribution in [0.2, 0.25) is 0 Å². The number of nitrogens with two attached hydrogens (primary N) is 1. The topological polar surface area (TPSA) is 111 Å². The SMILES string of the molecule is CCCCCCCNC(=O)[C@H](CC(N)=O)NC(=O)OCC1CCC1. The van der Waals surface area contributed by atoms with Gasteiger partial charge in [-0.3, -0.25) is 9.59 Å². The molecule has 1 aliphatic rings. The molecule has 138 valence electrons. The Kier molecular flexibility index (Phi) is 9.88. The first kappa shape index (κ1) is 20.3. The van der Waals surface area contributed by atoms with Crippen LogP contribution in [0.4, 0.5) is 4.79 Å². The molecule has 0 spiro atoms. The monoisotopic (exact) mass is 341 g/mol. The van der Waals surface area contributed by atoms with Crippen LogP contribution < -0.4 is 16.4 Å². The smallest absolute Gasteiger partial charge is 0.407 e. The molecule has 0 unspecified atom stereocenters. The molecule has 7 heteroatoms. The van der Waals surface area contributed by atoms with E-state index in [2.05, 4.69) is 17.6 Å². The molecule has 0 aliphatic heterocycles. The predicted octanol–water partition coefficient (Wildman–Crippen LogP) is 1.84. The molecule has 0 aromatic carbocycles. The van der Waals surface area contributed by atoms with E-state index in [1.807, 2.05) is 0 Å². The minimum atomic E-state index is -0.980. The van der Waals surface area contributed by atoms with E-state index >= 15 is 0 Å². The van der Waals surface area contributed by atoms with Crippen LogP contribution in [-0.4, -0.2) is 37.1 Å². The number of nitrogens with one attached hydrogen (secondary N) is 2. The molecule has 0 bridgehead atoms. The second kappa shape index (κ2) is 11.7. The molecule has 0 heterocycles. The van der Waals surface area contributed by atoms with Crippen molar-refractivity contribution in [3.8, 4) is 0 Å². The Morgan fingerprint density at radius 2 is 1.88 bits per heavy atom. The van der Waals surface area contributed by atoms with Crippen molar-refractivity contribution in [3.63, 3.8) is 0 Å². The van der Waals surface area contributed by atoms with Gasteiger partial charge in [0.25, 0.3) is 0 Å². The first-order chi connectivity index (χ1) is 11.5. The molecule has 0 aromatic rings. The van der Waals surface area contributed by atoms with Crippen LogP contribution in [0.5, 0.6) is 0 Å². The second-order valence-corrected chi connectivity index (χ2v) is 6.47. The van der Waals surface area contributed by atoms with Crippen LogP contribution in [0.15, 0.2) is 0 Å². The third-order valence-corrected chi connectivity index (χ3v) is 4.27. The third kappa shape index (κ3) is 8.74. The van der Waals surface area contributed by atoms with E-state index in [9.17, 15) is 14.4 Å². The summed E-state index contributed by atoms with van der Waals surface area (Å²) in [5, 5.41) is 5.18. The second-order valence-electron chi connectivity index (χ2n) is 6.47. The number of ether oxygens (including phenoxy) is 1. The highest BCUT2D eigenvalue weighted by atomic mass is 16.5. The Morgan fingerprint density at radius 1 is 1.17 bits per heavy atom. The molecule has 1 fully saturated rings. The van der Waals surface area contributed by atoms with Crippen molar-refractivity contribution in [2.75, 3.05) is 13.2 Å². The van der Waals surface area contributed by atoms with Gasteiger partial charge in [-0.25, -0.2) is 4.79 Å². The highest BCUT2D eigenvalue weighted by molar-refractivity contribution is 5.90. The summed E-state index contributed by atoms with van der Waals surface area (Å²) in [6.07, 6.45) is 7.81. The summed E-state index contributed by atoms with van der Waals surface area (Å²) in [5.41, 5.74) is 5.16. The predicted molar refractivity (Wildman–Crippen MR) is 91.2 cm³/mol. The van der Waals surface area contributed by atoms with Crippen LogP contribution in [0, 0.1) is 5.92 Å². The number of hydrogen-bond acceptors (Lipinski definition) is 4. The molecule has 1 aliphatic carbocycles. The van der Waals surface area contributed by atoms with E-state index in [1.165, 1.54) is 19.3 Å². The van der Waals surface area contributed by atoms with Crippen molar-refractivity contribution >= 4 is 17.9 Å². The fourth-order valence-electron chi connectivity index (χ4n) is 2.51. The summed E-state index contributed by atoms with van der Waals surface area (Å²) in [4.78, 5) is 35.0. The Hall–Kier alpha value is -1.79. The zero-order valence-electron chi connectivity index (χ0n) is 14.6. The number of primary amides is 1. The van der Waals surface area contributed by atoms with Gasteiger partial charge in [-0.1, -0.05) is 39.0 Å². The largest absolute Gasteiger partial charge is 0.449 e. The van der Waals surface area contributed by atoms with Crippen LogP contribution in [-0.2, 0) is 14.3 Å². The van der Waals surface area contributed by atoms with Crippen molar-refractivity contribution in [2.45, 2.75) is 70.8 Å². The summed E-state index contributed by atoms with van der Waals surface area (Å²) >= 11 is 0. The van der Waals surface area contributed by atoms with Gasteiger partial charge in [-0.2, -0.15) is 0 Å². The van der Waals surface area contributed by atoms with E-state index in [1.54, 1.807) is 0 Å². The van der Waals surface area contributed by atoms with Gasteiger partial charge in [0.15, 0.2) is 0 Å². The van der Waals surface area contributed by atoms with Gasteiger partial charge in [0, 0.05) is 6.54 Å². The van der Waals surface area contributed by atoms with Crippen LogP contribution in [0.25, 0.3) is 0 Å². The first-order valence-electron chi connectivity index (χ1n) is 9.02. The average molecular weight is 341 g/mol. The maximum Gasteiger partial charge on any atom is 0.407 e. The number of rotatable bonds is 12. The van der Waals surface area contributed by atoms with E-state index in [0.717, 1.165) is 32.1 Å². The molecular formula is C17H31N3O4. The van der Waals surface area contributed by atoms with Gasteiger partial charge >= 0.3 is 6.09 Å². The molecule has 1 rings (SSSR count). The van der Waals surface area contributed by atoms with Gasteiger partial charge in [-0.05, 0) is 25.2 Å². The summed E-state index contributed by atoms with van der Waals surface area (Å²) in [6.45, 7) is 3.02. The molecular weight excluding hydrogens is 310 g/mol. The maximum atomic E-state index is 12.1. The number of carbonyl (C=O) groups excluding carboxylic acids is 3. The van der Waals surface area contributed by atoms with Crippen molar-refractivity contribution in [3.05, 3.63) is 0 Å². The average Bonchev–Trinajstić information content (AvgIpc) is 2.48. The number of carbonyl (C=O) groups is 3. The molecule has 24 heavy (non-hydrogen) atoms. The summed E-state index contributed by atoms with van der Waals surface area (Å²) in [6, 6.07) is -0.980. The highest BCUT2D eigenvalue weighted by Crippen LogP contribution is 2.26. The number of alkyl carbamates (subject to hydrolysis) is 1. The van der Waals surface area contributed by atoms with E-state index in [0.29, 0.717) is 19.1 Å². The van der Waals surface area contributed by atoms with E-state index < -0.39 is 23.9 Å². The zero-order valence-corrected chi connectivity index (χ0v) is 14.6. The molecule has 0 radical (unpaired) electrons. The lowest BCUT2D eigenvalue weighted by Gasteiger charge is -2.25. The minimum Gasteiger partial charge on any atom is -0.449 e. The van der Waals surface area contributed by atoms with Crippen LogP contribution >= 0.6 is 0 Å². The molecule has 1 saturated carbocycles. The highest BCUT2D eigenvalue weighted by Gasteiger charge is 2.24. The zero-order chi connectivity index (χ0) is 17.8. The van der Waals surface area contributed by atoms with E-state index in [-0.39, 0.29) is 6.42 Å². The molecule has 1 atom stereocenters. The van der Waals surface area contributed by atoms with Gasteiger partial charge in [0.1, 0.15) is 6.04 Å². The lowest BCUT2D eigenvalue weighted by molar-refractivity contribution is -0.127. The standard InChI is InChI=1S/C17H31N3O4/c1-2-3-4-5-6-10-19-16(22)14(11-15(18)21)20-17(23)24-12-13-8-7-9-13/h13-14H,2-12H2,1H3,(H2,18,21)(H,19,22)(H,20,23)/t14-/m0/s1. The number of unbranched alkanes of at least 4 members (excludes halogenated alkanes) is 4. The quantitative estimate of drug-likeness (QED) is 0.470. The lowest BCUT2D eigenvalue weighted by Crippen LogP contribution is -2.49. The minimum absolute atomic E-state index is 0.236. The van der Waals surface area contributed by atoms with Gasteiger partial charge in [-0.15, -0.1) is 0 Å². The van der Waals surface area contributed by atoms with Gasteiger partial charge in [0.2, 0.25) is 11.8 Å². The maximum absolute atomic E-state index is 12.1. The number of hydrogen-bond donors (Lipinski definition) is 3. The molecule has 7 nitrogen and oxygen atoms in total. The molecule has 0 aromatic heterocycles. The van der Waals surface area contributed by atoms with E-state index in [4.69, 9.17) is 10.5 Å². The first-order valence-corrected chi connectivity index (χ1v) is 9.02. The van der Waals surface area contributed by atoms with Crippen molar-refractivity contribution in [1.29, 1.82) is 0 Å². The van der Waals surface area contributed by atoms with Crippen LogP contribution in [0.1, 0.15) is 64.7 Å². The Balaban J connectivity index is 2.29. The summed E-state index contributed by atoms with van der Waals surface area (Å²) < 4.78 is 5.10. The van der Waals surface area contributed by atoms with Crippen molar-refractivity contribution in [2.24, 2.45) is 11.7 Å². The number of amides is 3. The Labute approximate surface area is 144 Å². The Morgan fingerprint density at radius 3 is 2.46 bits per heavy atom. The normalized spacial score (nSPS) is 15.2. The van der Waals surface area contributed by atoms with Gasteiger partial charge in [0.05, 0.1) is 13.0 Å². The summed E-state index contributed by atoms with van der Waals surface area (Å²) in [5.74, 6) is -0.621. The van der Waals surface area contributed by atoms with Crippen LogP contribution in [0.3, 0.4) is 0 Å². The van der Waals surface area contributed by atoms with Gasteiger partial charge < -0.3 is 21.1 Å². The summed E-state index contributed by atoms with van der Waals surface area (Å²) in [7, 11) is 0. The van der Waals surface area contributed by atoms with Crippen molar-refractivity contribution < 1.29 is 19.1 Å². The third-order valence-electron chi connectivity index (χ3n) is 4.27. The molecule has 4 N–H and O–H groups in total.